The second-order valence-corrected chi connectivity index (χ2v) is 5.32. The monoisotopic (exact) mass is 392 g/mol. The maximum absolute atomic E-state index is 13.7. The third kappa shape index (κ3) is 2.96. The van der Waals surface area contributed by atoms with Crippen molar-refractivity contribution in [3.8, 4) is 0 Å². The summed E-state index contributed by atoms with van der Waals surface area (Å²) in [5.41, 5.74) is -3.00. The van der Waals surface area contributed by atoms with Gasteiger partial charge in [0.15, 0.2) is 28.9 Å². The first-order valence-electron chi connectivity index (χ1n) is 7.09. The van der Waals surface area contributed by atoms with Gasteiger partial charge in [-0.05, 0) is 13.0 Å². The third-order valence-corrected chi connectivity index (χ3v) is 3.54. The van der Waals surface area contributed by atoms with Crippen LogP contribution in [0.3, 0.4) is 0 Å². The second kappa shape index (κ2) is 6.52. The molecule has 12 heteroatoms. The molecule has 0 atom stereocenters. The van der Waals surface area contributed by atoms with E-state index in [0.717, 1.165) is 12.3 Å². The van der Waals surface area contributed by atoms with Crippen LogP contribution in [-0.4, -0.2) is 20.5 Å². The zero-order valence-electron chi connectivity index (χ0n) is 13.1. The van der Waals surface area contributed by atoms with Gasteiger partial charge in [0, 0.05) is 5.69 Å². The predicted molar refractivity (Wildman–Crippen MR) is 76.9 cm³/mol. The van der Waals surface area contributed by atoms with Crippen LogP contribution < -0.4 is 5.32 Å². The standard InChI is InChI=1S/C15H7F7N4O/c1-4-2-6(13(21)22)26-14(24-4)5(3-23-26)15(27)25-12-10(19)8(17)7(16)9(18)11(12)20/h2-3,13H,1H3,(H,25,27). The summed E-state index contributed by atoms with van der Waals surface area (Å²) in [6.07, 6.45) is -2.20. The quantitative estimate of drug-likeness (QED) is 0.418. The van der Waals surface area contributed by atoms with Crippen molar-refractivity contribution >= 4 is 17.2 Å². The van der Waals surface area contributed by atoms with Gasteiger partial charge in [-0.25, -0.2) is 40.2 Å². The molecule has 0 unspecified atom stereocenters. The molecular weight excluding hydrogens is 385 g/mol. The molecule has 0 aliphatic rings. The van der Waals surface area contributed by atoms with Crippen molar-refractivity contribution in [1.82, 2.24) is 14.6 Å². The first-order chi connectivity index (χ1) is 12.6. The number of carbonyl (C=O) groups is 1. The number of amides is 1. The minimum absolute atomic E-state index is 0.0867. The van der Waals surface area contributed by atoms with E-state index >= 15 is 0 Å². The number of halogens is 7. The fraction of sp³-hybridized carbons (Fsp3) is 0.133. The Bertz CT molecular complexity index is 1050. The molecule has 3 rings (SSSR count). The lowest BCUT2D eigenvalue weighted by Crippen LogP contribution is -2.17. The molecule has 0 fully saturated rings. The molecule has 0 spiro atoms. The molecule has 2 heterocycles. The maximum Gasteiger partial charge on any atom is 0.280 e. The van der Waals surface area contributed by atoms with Crippen molar-refractivity contribution in [2.24, 2.45) is 0 Å². The first-order valence-corrected chi connectivity index (χ1v) is 7.09. The average Bonchev–Trinajstić information content (AvgIpc) is 3.04. The summed E-state index contributed by atoms with van der Waals surface area (Å²) in [5, 5.41) is 5.09. The summed E-state index contributed by atoms with van der Waals surface area (Å²) in [4.78, 5) is 16.1. The van der Waals surface area contributed by atoms with Crippen LogP contribution >= 0.6 is 0 Å². The normalized spacial score (nSPS) is 11.4. The van der Waals surface area contributed by atoms with Crippen LogP contribution in [0.4, 0.5) is 36.4 Å². The van der Waals surface area contributed by atoms with Gasteiger partial charge in [0.2, 0.25) is 5.82 Å². The van der Waals surface area contributed by atoms with E-state index in [1.165, 1.54) is 12.2 Å². The van der Waals surface area contributed by atoms with Crippen LogP contribution in [-0.2, 0) is 0 Å². The molecule has 2 aromatic heterocycles. The first kappa shape index (κ1) is 18.6. The average molecular weight is 392 g/mol. The van der Waals surface area contributed by atoms with E-state index in [-0.39, 0.29) is 11.3 Å². The number of hydrogen-bond donors (Lipinski definition) is 1. The molecule has 27 heavy (non-hydrogen) atoms. The van der Waals surface area contributed by atoms with Gasteiger partial charge in [-0.3, -0.25) is 4.79 Å². The summed E-state index contributed by atoms with van der Waals surface area (Å²) < 4.78 is 93.6. The minimum atomic E-state index is -2.97. The van der Waals surface area contributed by atoms with E-state index in [4.69, 9.17) is 0 Å². The zero-order chi connectivity index (χ0) is 20.0. The van der Waals surface area contributed by atoms with Gasteiger partial charge in [-0.1, -0.05) is 0 Å². The Morgan fingerprint density at radius 1 is 1.04 bits per heavy atom. The molecule has 5 nitrogen and oxygen atoms in total. The van der Waals surface area contributed by atoms with Gasteiger partial charge in [0.1, 0.15) is 16.9 Å². The van der Waals surface area contributed by atoms with Crippen LogP contribution in [0.2, 0.25) is 0 Å². The van der Waals surface area contributed by atoms with Crippen molar-refractivity contribution in [2.45, 2.75) is 13.3 Å². The van der Waals surface area contributed by atoms with Crippen molar-refractivity contribution in [3.05, 3.63) is 58.3 Å². The summed E-state index contributed by atoms with van der Waals surface area (Å²) in [6.45, 7) is 1.35. The van der Waals surface area contributed by atoms with E-state index in [9.17, 15) is 35.5 Å². The minimum Gasteiger partial charge on any atom is -0.317 e. The lowest BCUT2D eigenvalue weighted by Gasteiger charge is -2.09. The summed E-state index contributed by atoms with van der Waals surface area (Å²) in [5.74, 6) is -12.8. The second-order valence-electron chi connectivity index (χ2n) is 5.32. The summed E-state index contributed by atoms with van der Waals surface area (Å²) >= 11 is 0. The molecule has 1 aromatic carbocycles. The Hall–Kier alpha value is -3.18. The number of aryl methyl sites for hydroxylation is 1. The number of carbonyl (C=O) groups excluding carboxylic acids is 1. The van der Waals surface area contributed by atoms with Gasteiger partial charge >= 0.3 is 0 Å². The van der Waals surface area contributed by atoms with Crippen LogP contribution in [0, 0.1) is 36.0 Å². The molecule has 1 N–H and O–H groups in total. The third-order valence-electron chi connectivity index (χ3n) is 3.54. The van der Waals surface area contributed by atoms with Gasteiger partial charge in [-0.2, -0.15) is 5.10 Å². The van der Waals surface area contributed by atoms with E-state index in [0.29, 0.717) is 4.52 Å². The van der Waals surface area contributed by atoms with Gasteiger partial charge < -0.3 is 5.32 Å². The van der Waals surface area contributed by atoms with Crippen LogP contribution in [0.25, 0.3) is 5.65 Å². The molecule has 1 amide bonds. The van der Waals surface area contributed by atoms with E-state index < -0.39 is 58.4 Å². The number of alkyl halides is 2. The fourth-order valence-electron chi connectivity index (χ4n) is 2.32. The Kier molecular flexibility index (Phi) is 4.49. The Labute approximate surface area is 145 Å². The largest absolute Gasteiger partial charge is 0.317 e. The Morgan fingerprint density at radius 2 is 1.59 bits per heavy atom. The van der Waals surface area contributed by atoms with Crippen molar-refractivity contribution < 1.29 is 35.5 Å². The number of fused-ring (bicyclic) bond motifs is 1. The van der Waals surface area contributed by atoms with Crippen molar-refractivity contribution in [3.63, 3.8) is 0 Å². The number of anilines is 1. The molecule has 0 radical (unpaired) electrons. The molecule has 0 saturated heterocycles. The smallest absolute Gasteiger partial charge is 0.280 e. The Balaban J connectivity index is 2.09. The highest BCUT2D eigenvalue weighted by molar-refractivity contribution is 6.08. The van der Waals surface area contributed by atoms with Gasteiger partial charge in [-0.15, -0.1) is 0 Å². The number of aromatic nitrogens is 3. The summed E-state index contributed by atoms with van der Waals surface area (Å²) in [6, 6.07) is 1.01. The molecule has 142 valence electrons. The van der Waals surface area contributed by atoms with E-state index in [1.807, 2.05) is 0 Å². The number of rotatable bonds is 3. The lowest BCUT2D eigenvalue weighted by atomic mass is 10.2. The van der Waals surface area contributed by atoms with Gasteiger partial charge in [0.25, 0.3) is 12.3 Å². The number of hydrogen-bond acceptors (Lipinski definition) is 3. The van der Waals surface area contributed by atoms with Crippen LogP contribution in [0.1, 0.15) is 28.2 Å². The zero-order valence-corrected chi connectivity index (χ0v) is 13.1. The maximum atomic E-state index is 13.7. The highest BCUT2D eigenvalue weighted by Gasteiger charge is 2.28. The lowest BCUT2D eigenvalue weighted by molar-refractivity contribution is 0.102. The number of benzene rings is 1. The van der Waals surface area contributed by atoms with Crippen LogP contribution in [0.15, 0.2) is 12.3 Å². The molecule has 3 aromatic rings. The highest BCUT2D eigenvalue weighted by Crippen LogP contribution is 2.28. The predicted octanol–water partition coefficient (Wildman–Crippen LogP) is 3.92. The molecule has 0 aliphatic carbocycles. The Morgan fingerprint density at radius 3 is 2.15 bits per heavy atom. The van der Waals surface area contributed by atoms with Gasteiger partial charge in [0.05, 0.1) is 6.20 Å². The SMILES string of the molecule is Cc1cc(C(F)F)n2ncc(C(=O)Nc3c(F)c(F)c(F)c(F)c3F)c2n1. The molecule has 0 aliphatic heterocycles. The van der Waals surface area contributed by atoms with Crippen LogP contribution in [0.5, 0.6) is 0 Å². The van der Waals surface area contributed by atoms with Crippen molar-refractivity contribution in [1.29, 1.82) is 0 Å². The molecule has 0 saturated carbocycles. The summed E-state index contributed by atoms with van der Waals surface area (Å²) in [7, 11) is 0. The number of nitrogens with zero attached hydrogens (tertiary/aromatic N) is 3. The van der Waals surface area contributed by atoms with Crippen molar-refractivity contribution in [2.75, 3.05) is 5.32 Å². The molecule has 0 bridgehead atoms. The number of nitrogens with one attached hydrogen (secondary N) is 1. The van der Waals surface area contributed by atoms with E-state index in [2.05, 4.69) is 10.1 Å². The highest BCUT2D eigenvalue weighted by atomic mass is 19.3. The molecular formula is C15H7F7N4O. The van der Waals surface area contributed by atoms with E-state index in [1.54, 1.807) is 0 Å². The topological polar surface area (TPSA) is 59.3 Å². The fourth-order valence-corrected chi connectivity index (χ4v) is 2.32.